The van der Waals surface area contributed by atoms with Crippen molar-refractivity contribution < 1.29 is 9.59 Å². The summed E-state index contributed by atoms with van der Waals surface area (Å²) in [6.07, 6.45) is 1.99. The lowest BCUT2D eigenvalue weighted by atomic mass is 9.93. The molecular weight excluding hydrogens is 399 g/mol. The first-order valence-corrected chi connectivity index (χ1v) is 9.76. The SMILES string of the molecule is Cl.Cl.O=C(CN1C[C@@H]2CC[C@H](C1)N(Cc1ccccc1)C2=O)N1CCNCC1. The Labute approximate surface area is 179 Å². The highest BCUT2D eigenvalue weighted by molar-refractivity contribution is 5.85. The Hall–Kier alpha value is -1.34. The van der Waals surface area contributed by atoms with Gasteiger partial charge in [0.05, 0.1) is 12.5 Å². The molecule has 2 bridgehead atoms. The molecule has 0 saturated carbocycles. The van der Waals surface area contributed by atoms with Crippen molar-refractivity contribution in [1.29, 1.82) is 0 Å². The van der Waals surface area contributed by atoms with Gasteiger partial charge in [0.15, 0.2) is 0 Å². The molecule has 28 heavy (non-hydrogen) atoms. The van der Waals surface area contributed by atoms with Gasteiger partial charge in [-0.15, -0.1) is 24.8 Å². The maximum absolute atomic E-state index is 12.9. The molecular formula is C20H30Cl2N4O2. The van der Waals surface area contributed by atoms with Crippen molar-refractivity contribution >= 4 is 36.6 Å². The summed E-state index contributed by atoms with van der Waals surface area (Å²) in [5, 5.41) is 3.28. The van der Waals surface area contributed by atoms with E-state index >= 15 is 0 Å². The second-order valence-electron chi connectivity index (χ2n) is 7.70. The third kappa shape index (κ3) is 5.17. The smallest absolute Gasteiger partial charge is 0.236 e. The zero-order valence-corrected chi connectivity index (χ0v) is 17.7. The van der Waals surface area contributed by atoms with Crippen molar-refractivity contribution in [3.63, 3.8) is 0 Å². The topological polar surface area (TPSA) is 55.9 Å². The highest BCUT2D eigenvalue weighted by Crippen LogP contribution is 2.30. The number of halogens is 2. The van der Waals surface area contributed by atoms with Crippen LogP contribution in [0.15, 0.2) is 30.3 Å². The number of carbonyl (C=O) groups is 2. The largest absolute Gasteiger partial charge is 0.339 e. The van der Waals surface area contributed by atoms with Crippen LogP contribution < -0.4 is 5.32 Å². The lowest BCUT2D eigenvalue weighted by Gasteiger charge is -2.36. The lowest BCUT2D eigenvalue weighted by molar-refractivity contribution is -0.140. The maximum Gasteiger partial charge on any atom is 0.236 e. The molecule has 0 spiro atoms. The number of piperazine rings is 1. The van der Waals surface area contributed by atoms with Crippen LogP contribution in [0.25, 0.3) is 0 Å². The van der Waals surface area contributed by atoms with Crippen LogP contribution in [0.5, 0.6) is 0 Å². The average Bonchev–Trinajstić information content (AvgIpc) is 2.95. The molecule has 1 aromatic rings. The minimum absolute atomic E-state index is 0. The van der Waals surface area contributed by atoms with Crippen LogP contribution in [0, 0.1) is 5.92 Å². The van der Waals surface area contributed by atoms with Gasteiger partial charge in [-0.2, -0.15) is 0 Å². The van der Waals surface area contributed by atoms with Crippen molar-refractivity contribution in [3.8, 4) is 0 Å². The summed E-state index contributed by atoms with van der Waals surface area (Å²) in [5.41, 5.74) is 1.18. The van der Waals surface area contributed by atoms with Crippen molar-refractivity contribution in [3.05, 3.63) is 35.9 Å². The van der Waals surface area contributed by atoms with E-state index in [-0.39, 0.29) is 48.6 Å². The van der Waals surface area contributed by atoms with Gasteiger partial charge in [0, 0.05) is 51.9 Å². The molecule has 2 atom stereocenters. The fraction of sp³-hybridized carbons (Fsp3) is 0.600. The Morgan fingerprint density at radius 2 is 1.75 bits per heavy atom. The molecule has 0 unspecified atom stereocenters. The predicted octanol–water partition coefficient (Wildman–Crippen LogP) is 1.38. The zero-order chi connectivity index (χ0) is 17.9. The van der Waals surface area contributed by atoms with Gasteiger partial charge in [-0.25, -0.2) is 0 Å². The van der Waals surface area contributed by atoms with Gasteiger partial charge in [0.1, 0.15) is 0 Å². The Bertz CT molecular complexity index is 655. The zero-order valence-electron chi connectivity index (χ0n) is 16.1. The minimum Gasteiger partial charge on any atom is -0.339 e. The number of hydrogen-bond acceptors (Lipinski definition) is 4. The minimum atomic E-state index is 0. The third-order valence-corrected chi connectivity index (χ3v) is 5.89. The molecule has 4 heterocycles. The fourth-order valence-electron chi connectivity index (χ4n) is 4.45. The number of nitrogens with zero attached hydrogens (tertiary/aromatic N) is 3. The molecule has 4 aliphatic rings. The molecule has 6 nitrogen and oxygen atoms in total. The molecule has 4 fully saturated rings. The van der Waals surface area contributed by atoms with E-state index in [2.05, 4.69) is 27.2 Å². The number of hydrogen-bond donors (Lipinski definition) is 1. The summed E-state index contributed by atoms with van der Waals surface area (Å²) < 4.78 is 0. The number of benzene rings is 1. The van der Waals surface area contributed by atoms with E-state index < -0.39 is 0 Å². The van der Waals surface area contributed by atoms with Gasteiger partial charge >= 0.3 is 0 Å². The van der Waals surface area contributed by atoms with Gasteiger partial charge in [-0.3, -0.25) is 14.5 Å². The van der Waals surface area contributed by atoms with Gasteiger partial charge in [0.25, 0.3) is 0 Å². The second-order valence-corrected chi connectivity index (χ2v) is 7.70. The Balaban J connectivity index is 0.00000140. The third-order valence-electron chi connectivity index (χ3n) is 5.89. The summed E-state index contributed by atoms with van der Waals surface area (Å²) in [6.45, 7) is 5.99. The highest BCUT2D eigenvalue weighted by atomic mass is 35.5. The molecule has 0 aliphatic carbocycles. The summed E-state index contributed by atoms with van der Waals surface area (Å²) >= 11 is 0. The van der Waals surface area contributed by atoms with Crippen molar-refractivity contribution in [2.24, 2.45) is 5.92 Å². The number of fused-ring (bicyclic) bond motifs is 4. The van der Waals surface area contributed by atoms with Crippen molar-refractivity contribution in [1.82, 2.24) is 20.0 Å². The molecule has 2 amide bonds. The Morgan fingerprint density at radius 1 is 1.04 bits per heavy atom. The van der Waals surface area contributed by atoms with E-state index in [4.69, 9.17) is 0 Å². The van der Waals surface area contributed by atoms with Crippen molar-refractivity contribution in [2.75, 3.05) is 45.8 Å². The van der Waals surface area contributed by atoms with E-state index in [1.807, 2.05) is 23.1 Å². The van der Waals surface area contributed by atoms with E-state index in [1.54, 1.807) is 0 Å². The molecule has 8 heteroatoms. The number of carbonyl (C=O) groups excluding carboxylic acids is 2. The Kier molecular flexibility index (Phi) is 8.56. The predicted molar refractivity (Wildman–Crippen MR) is 114 cm³/mol. The first kappa shape index (κ1) is 22.9. The fourth-order valence-corrected chi connectivity index (χ4v) is 4.45. The molecule has 5 rings (SSSR count). The normalized spacial score (nSPS) is 24.9. The monoisotopic (exact) mass is 428 g/mol. The Morgan fingerprint density at radius 3 is 2.46 bits per heavy atom. The average molecular weight is 429 g/mol. The molecule has 0 aromatic heterocycles. The van der Waals surface area contributed by atoms with Gasteiger partial charge in [0.2, 0.25) is 11.8 Å². The maximum atomic E-state index is 12.9. The second kappa shape index (κ2) is 10.4. The summed E-state index contributed by atoms with van der Waals surface area (Å²) in [5.74, 6) is 0.505. The molecule has 4 saturated heterocycles. The number of rotatable bonds is 4. The first-order valence-electron chi connectivity index (χ1n) is 9.76. The number of amides is 2. The van der Waals surface area contributed by atoms with Crippen LogP contribution in [0.2, 0.25) is 0 Å². The molecule has 0 radical (unpaired) electrons. The van der Waals surface area contributed by atoms with Crippen LogP contribution in [-0.2, 0) is 16.1 Å². The molecule has 156 valence electrons. The van der Waals surface area contributed by atoms with Crippen LogP contribution >= 0.6 is 24.8 Å². The first-order chi connectivity index (χ1) is 12.7. The van der Waals surface area contributed by atoms with Gasteiger partial charge in [-0.1, -0.05) is 30.3 Å². The van der Waals surface area contributed by atoms with Gasteiger partial charge < -0.3 is 15.1 Å². The molecule has 4 aliphatic heterocycles. The van der Waals surface area contributed by atoms with Crippen molar-refractivity contribution in [2.45, 2.75) is 25.4 Å². The van der Waals surface area contributed by atoms with Gasteiger partial charge in [-0.05, 0) is 18.4 Å². The number of nitrogens with one attached hydrogen (secondary N) is 1. The van der Waals surface area contributed by atoms with E-state index in [0.29, 0.717) is 13.1 Å². The summed E-state index contributed by atoms with van der Waals surface area (Å²) in [4.78, 5) is 31.8. The standard InChI is InChI=1S/C20H28N4O2.2ClH/c25-19(23-10-8-21-9-11-23)15-22-13-17-6-7-18(14-22)24(20(17)26)12-16-4-2-1-3-5-16;;/h1-5,17-18,21H,6-15H2;2*1H/t17-,18+;;/m0../s1. The van der Waals surface area contributed by atoms with E-state index in [9.17, 15) is 9.59 Å². The van der Waals surface area contributed by atoms with Crippen LogP contribution in [0.4, 0.5) is 0 Å². The quantitative estimate of drug-likeness (QED) is 0.786. The number of piperidine rings is 1. The van der Waals surface area contributed by atoms with E-state index in [0.717, 1.165) is 52.1 Å². The molecule has 1 N–H and O–H groups in total. The van der Waals surface area contributed by atoms with Crippen LogP contribution in [0.1, 0.15) is 18.4 Å². The molecule has 1 aromatic carbocycles. The lowest BCUT2D eigenvalue weighted by Crippen LogP contribution is -2.50. The highest BCUT2D eigenvalue weighted by Gasteiger charge is 2.41. The van der Waals surface area contributed by atoms with E-state index in [1.165, 1.54) is 5.56 Å². The van der Waals surface area contributed by atoms with Crippen LogP contribution in [0.3, 0.4) is 0 Å². The summed E-state index contributed by atoms with van der Waals surface area (Å²) in [7, 11) is 0. The summed E-state index contributed by atoms with van der Waals surface area (Å²) in [6, 6.07) is 10.4. The van der Waals surface area contributed by atoms with Crippen LogP contribution in [-0.4, -0.2) is 78.4 Å².